The second kappa shape index (κ2) is 6.05. The molecule has 0 bridgehead atoms. The Hall–Kier alpha value is -1.03. The summed E-state index contributed by atoms with van der Waals surface area (Å²) >= 11 is 3.29. The summed E-state index contributed by atoms with van der Waals surface area (Å²) in [6.45, 7) is 6.61. The average molecular weight is 301 g/mol. The molecule has 1 aromatic rings. The van der Waals surface area contributed by atoms with E-state index in [1.165, 1.54) is 0 Å². The molecule has 0 atom stereocenters. The molecule has 17 heavy (non-hydrogen) atoms. The molecule has 0 aliphatic heterocycles. The lowest BCUT2D eigenvalue weighted by molar-refractivity contribution is 0.0691. The molecule has 0 aliphatic rings. The number of benzene rings is 1. The third kappa shape index (κ3) is 4.04. The molecule has 0 amide bonds. The van der Waals surface area contributed by atoms with Crippen LogP contribution in [0.4, 0.5) is 0 Å². The molecule has 0 radical (unpaired) electrons. The van der Waals surface area contributed by atoms with Crippen molar-refractivity contribution in [3.05, 3.63) is 27.7 Å². The Morgan fingerprint density at radius 1 is 1.47 bits per heavy atom. The van der Waals surface area contributed by atoms with E-state index in [1.807, 2.05) is 13.0 Å². The molecule has 1 N–H and O–H groups in total. The standard InChI is InChI=1S/C13H17BrO3/c1-8(2)4-5-17-12-9(3)6-10(14)7-11(12)13(15)16/h6-8H,4-5H2,1-3H3,(H,15,16). The zero-order chi connectivity index (χ0) is 13.0. The van der Waals surface area contributed by atoms with Crippen molar-refractivity contribution in [2.75, 3.05) is 6.61 Å². The van der Waals surface area contributed by atoms with Crippen molar-refractivity contribution < 1.29 is 14.6 Å². The van der Waals surface area contributed by atoms with E-state index in [2.05, 4.69) is 29.8 Å². The minimum atomic E-state index is -0.964. The minimum absolute atomic E-state index is 0.209. The molecule has 0 aliphatic carbocycles. The number of carboxylic acids is 1. The molecular formula is C13H17BrO3. The highest BCUT2D eigenvalue weighted by Gasteiger charge is 2.15. The molecular weight excluding hydrogens is 284 g/mol. The summed E-state index contributed by atoms with van der Waals surface area (Å²) < 4.78 is 6.35. The molecule has 1 rings (SSSR count). The maximum Gasteiger partial charge on any atom is 0.339 e. The second-order valence-electron chi connectivity index (χ2n) is 4.44. The predicted octanol–water partition coefficient (Wildman–Crippen LogP) is 3.88. The van der Waals surface area contributed by atoms with E-state index < -0.39 is 5.97 Å². The SMILES string of the molecule is Cc1cc(Br)cc(C(=O)O)c1OCCC(C)C. The fourth-order valence-electron chi connectivity index (χ4n) is 1.48. The van der Waals surface area contributed by atoms with Crippen LogP contribution < -0.4 is 4.74 Å². The molecule has 0 heterocycles. The van der Waals surface area contributed by atoms with Crippen LogP contribution in [0, 0.1) is 12.8 Å². The molecule has 0 spiro atoms. The normalized spacial score (nSPS) is 10.6. The summed E-state index contributed by atoms with van der Waals surface area (Å²) in [5.74, 6) is 0.0503. The van der Waals surface area contributed by atoms with Gasteiger partial charge in [0.25, 0.3) is 0 Å². The zero-order valence-electron chi connectivity index (χ0n) is 10.3. The van der Waals surface area contributed by atoms with Gasteiger partial charge in [0.15, 0.2) is 0 Å². The number of hydrogen-bond donors (Lipinski definition) is 1. The van der Waals surface area contributed by atoms with Crippen LogP contribution in [0.25, 0.3) is 0 Å². The Morgan fingerprint density at radius 2 is 2.12 bits per heavy atom. The van der Waals surface area contributed by atoms with Gasteiger partial charge in [0, 0.05) is 4.47 Å². The van der Waals surface area contributed by atoms with Crippen molar-refractivity contribution in [3.8, 4) is 5.75 Å². The van der Waals surface area contributed by atoms with Gasteiger partial charge in [-0.1, -0.05) is 29.8 Å². The van der Waals surface area contributed by atoms with Crippen LogP contribution in [0.3, 0.4) is 0 Å². The lowest BCUT2D eigenvalue weighted by Crippen LogP contribution is -2.07. The van der Waals surface area contributed by atoms with Gasteiger partial charge in [-0.15, -0.1) is 0 Å². The number of ether oxygens (including phenoxy) is 1. The summed E-state index contributed by atoms with van der Waals surface area (Å²) in [4.78, 5) is 11.1. The van der Waals surface area contributed by atoms with Crippen molar-refractivity contribution in [2.24, 2.45) is 5.92 Å². The average Bonchev–Trinajstić information content (AvgIpc) is 2.19. The van der Waals surface area contributed by atoms with Crippen LogP contribution >= 0.6 is 15.9 Å². The molecule has 0 aromatic heterocycles. The Morgan fingerprint density at radius 3 is 2.65 bits per heavy atom. The van der Waals surface area contributed by atoms with Crippen molar-refractivity contribution in [3.63, 3.8) is 0 Å². The fraction of sp³-hybridized carbons (Fsp3) is 0.462. The maximum atomic E-state index is 11.1. The van der Waals surface area contributed by atoms with Crippen LogP contribution in [0.15, 0.2) is 16.6 Å². The van der Waals surface area contributed by atoms with Crippen molar-refractivity contribution in [1.29, 1.82) is 0 Å². The fourth-order valence-corrected chi connectivity index (χ4v) is 2.05. The molecule has 94 valence electrons. The number of aromatic carboxylic acids is 1. The van der Waals surface area contributed by atoms with E-state index in [4.69, 9.17) is 9.84 Å². The Bertz CT molecular complexity index is 413. The van der Waals surface area contributed by atoms with E-state index in [-0.39, 0.29) is 5.56 Å². The first-order chi connectivity index (χ1) is 7.91. The Labute approximate surface area is 110 Å². The van der Waals surface area contributed by atoms with E-state index >= 15 is 0 Å². The third-order valence-electron chi connectivity index (χ3n) is 2.41. The van der Waals surface area contributed by atoms with Gasteiger partial charge in [-0.3, -0.25) is 0 Å². The number of halogens is 1. The smallest absolute Gasteiger partial charge is 0.339 e. The summed E-state index contributed by atoms with van der Waals surface area (Å²) in [6, 6.07) is 3.43. The van der Waals surface area contributed by atoms with Crippen molar-refractivity contribution in [2.45, 2.75) is 27.2 Å². The first kappa shape index (κ1) is 14.0. The third-order valence-corrected chi connectivity index (χ3v) is 2.87. The molecule has 4 heteroatoms. The minimum Gasteiger partial charge on any atom is -0.492 e. The van der Waals surface area contributed by atoms with Crippen molar-refractivity contribution in [1.82, 2.24) is 0 Å². The summed E-state index contributed by atoms with van der Waals surface area (Å²) in [7, 11) is 0. The summed E-state index contributed by atoms with van der Waals surface area (Å²) in [5.41, 5.74) is 1.04. The predicted molar refractivity (Wildman–Crippen MR) is 70.8 cm³/mol. The Balaban J connectivity index is 2.92. The molecule has 3 nitrogen and oxygen atoms in total. The van der Waals surface area contributed by atoms with Gasteiger partial charge in [0.05, 0.1) is 6.61 Å². The zero-order valence-corrected chi connectivity index (χ0v) is 11.9. The topological polar surface area (TPSA) is 46.5 Å². The van der Waals surface area contributed by atoms with Crippen LogP contribution in [-0.2, 0) is 0 Å². The highest BCUT2D eigenvalue weighted by molar-refractivity contribution is 9.10. The number of carboxylic acid groups (broad SMARTS) is 1. The van der Waals surface area contributed by atoms with Crippen LogP contribution in [0.2, 0.25) is 0 Å². The monoisotopic (exact) mass is 300 g/mol. The maximum absolute atomic E-state index is 11.1. The van der Waals surface area contributed by atoms with E-state index in [9.17, 15) is 4.79 Å². The largest absolute Gasteiger partial charge is 0.492 e. The first-order valence-corrected chi connectivity index (χ1v) is 6.37. The highest BCUT2D eigenvalue weighted by atomic mass is 79.9. The van der Waals surface area contributed by atoms with Gasteiger partial charge < -0.3 is 9.84 Å². The van der Waals surface area contributed by atoms with Crippen molar-refractivity contribution >= 4 is 21.9 Å². The molecule has 0 unspecified atom stereocenters. The van der Waals surface area contributed by atoms with Gasteiger partial charge in [-0.05, 0) is 37.0 Å². The van der Waals surface area contributed by atoms with Gasteiger partial charge in [-0.2, -0.15) is 0 Å². The lowest BCUT2D eigenvalue weighted by atomic mass is 10.1. The van der Waals surface area contributed by atoms with Crippen LogP contribution in [0.5, 0.6) is 5.75 Å². The Kier molecular flexibility index (Phi) is 5.00. The molecule has 0 saturated carbocycles. The van der Waals surface area contributed by atoms with E-state index in [0.717, 1.165) is 16.5 Å². The van der Waals surface area contributed by atoms with Gasteiger partial charge >= 0.3 is 5.97 Å². The van der Waals surface area contributed by atoms with Gasteiger partial charge in [0.1, 0.15) is 11.3 Å². The molecule has 1 aromatic carbocycles. The van der Waals surface area contributed by atoms with E-state index in [0.29, 0.717) is 18.3 Å². The number of aryl methyl sites for hydroxylation is 1. The van der Waals surface area contributed by atoms with Crippen LogP contribution in [-0.4, -0.2) is 17.7 Å². The highest BCUT2D eigenvalue weighted by Crippen LogP contribution is 2.28. The molecule has 0 saturated heterocycles. The number of rotatable bonds is 5. The second-order valence-corrected chi connectivity index (χ2v) is 5.35. The van der Waals surface area contributed by atoms with Crippen LogP contribution in [0.1, 0.15) is 36.2 Å². The van der Waals surface area contributed by atoms with Gasteiger partial charge in [0.2, 0.25) is 0 Å². The number of hydrogen-bond acceptors (Lipinski definition) is 2. The summed E-state index contributed by atoms with van der Waals surface area (Å²) in [6.07, 6.45) is 0.911. The van der Waals surface area contributed by atoms with Gasteiger partial charge in [-0.25, -0.2) is 4.79 Å². The quantitative estimate of drug-likeness (QED) is 0.897. The number of carbonyl (C=O) groups is 1. The lowest BCUT2D eigenvalue weighted by Gasteiger charge is -2.13. The summed E-state index contributed by atoms with van der Waals surface area (Å²) in [5, 5.41) is 9.12. The van der Waals surface area contributed by atoms with E-state index in [1.54, 1.807) is 6.07 Å². The first-order valence-electron chi connectivity index (χ1n) is 5.58. The molecule has 0 fully saturated rings.